The second-order valence-electron chi connectivity index (χ2n) is 7.38. The highest BCUT2D eigenvalue weighted by molar-refractivity contribution is 5.95. The number of methoxy groups -OCH3 is 1. The molecule has 1 atom stereocenters. The molecule has 146 valence electrons. The van der Waals surface area contributed by atoms with Crippen molar-refractivity contribution in [1.29, 1.82) is 0 Å². The van der Waals surface area contributed by atoms with E-state index >= 15 is 0 Å². The van der Waals surface area contributed by atoms with Crippen LogP contribution in [0.3, 0.4) is 0 Å². The number of fused-ring (bicyclic) bond motifs is 1. The summed E-state index contributed by atoms with van der Waals surface area (Å²) in [7, 11) is 1.30. The van der Waals surface area contributed by atoms with Gasteiger partial charge in [-0.1, -0.05) is 12.1 Å². The van der Waals surface area contributed by atoms with Crippen LogP contribution in [0.15, 0.2) is 42.5 Å². The third-order valence-corrected chi connectivity index (χ3v) is 5.74. The SMILES string of the molecule is COC(=O)c1ccc(-c2ccc(C(=O)N3CCN4CCC[C@H]4C3)cc2)c(O)c1. The zero-order valence-electron chi connectivity index (χ0n) is 15.9. The summed E-state index contributed by atoms with van der Waals surface area (Å²) in [6, 6.07) is 12.4. The topological polar surface area (TPSA) is 70.1 Å². The van der Waals surface area contributed by atoms with Gasteiger partial charge in [-0.3, -0.25) is 9.69 Å². The van der Waals surface area contributed by atoms with Crippen LogP contribution >= 0.6 is 0 Å². The maximum atomic E-state index is 12.9. The van der Waals surface area contributed by atoms with Gasteiger partial charge in [-0.2, -0.15) is 0 Å². The molecule has 2 aliphatic rings. The standard InChI is InChI=1S/C22H24N2O4/c1-28-22(27)17-8-9-19(20(25)13-17)15-4-6-16(7-5-15)21(26)24-12-11-23-10-2-3-18(23)14-24/h4-9,13,18,25H,2-3,10-12,14H2,1H3/t18-/m0/s1. The molecule has 0 radical (unpaired) electrons. The zero-order valence-corrected chi connectivity index (χ0v) is 15.9. The predicted octanol–water partition coefficient (Wildman–Crippen LogP) is 2.77. The van der Waals surface area contributed by atoms with Crippen LogP contribution in [0.25, 0.3) is 11.1 Å². The fourth-order valence-corrected chi connectivity index (χ4v) is 4.17. The first-order valence-electron chi connectivity index (χ1n) is 9.62. The molecule has 0 spiro atoms. The number of amides is 1. The van der Waals surface area contributed by atoms with Crippen molar-refractivity contribution in [2.75, 3.05) is 33.3 Å². The molecule has 2 aliphatic heterocycles. The summed E-state index contributed by atoms with van der Waals surface area (Å²) >= 11 is 0. The Morgan fingerprint density at radius 3 is 2.50 bits per heavy atom. The Morgan fingerprint density at radius 1 is 1.04 bits per heavy atom. The molecular weight excluding hydrogens is 356 g/mol. The van der Waals surface area contributed by atoms with Crippen molar-refractivity contribution in [3.63, 3.8) is 0 Å². The summed E-state index contributed by atoms with van der Waals surface area (Å²) in [5.74, 6) is -0.437. The van der Waals surface area contributed by atoms with Crippen molar-refractivity contribution in [1.82, 2.24) is 9.80 Å². The van der Waals surface area contributed by atoms with Crippen LogP contribution in [-0.2, 0) is 4.74 Å². The maximum Gasteiger partial charge on any atom is 0.337 e. The number of piperazine rings is 1. The number of hydrogen-bond donors (Lipinski definition) is 1. The molecule has 2 aromatic carbocycles. The van der Waals surface area contributed by atoms with E-state index in [1.807, 2.05) is 17.0 Å². The third-order valence-electron chi connectivity index (χ3n) is 5.74. The first kappa shape index (κ1) is 18.5. The Kier molecular flexibility index (Phi) is 5.05. The Morgan fingerprint density at radius 2 is 1.79 bits per heavy atom. The lowest BCUT2D eigenvalue weighted by Gasteiger charge is -2.37. The normalized spacial score (nSPS) is 19.3. The predicted molar refractivity (Wildman–Crippen MR) is 105 cm³/mol. The lowest BCUT2D eigenvalue weighted by atomic mass is 10.0. The highest BCUT2D eigenvalue weighted by Gasteiger charge is 2.32. The Balaban J connectivity index is 1.49. The summed E-state index contributed by atoms with van der Waals surface area (Å²) in [5.41, 5.74) is 2.33. The molecule has 0 saturated carbocycles. The van der Waals surface area contributed by atoms with Crippen LogP contribution in [0.2, 0.25) is 0 Å². The number of nitrogens with zero attached hydrogens (tertiary/aromatic N) is 2. The van der Waals surface area contributed by atoms with E-state index in [2.05, 4.69) is 9.64 Å². The molecule has 0 unspecified atom stereocenters. The van der Waals surface area contributed by atoms with Gasteiger partial charge in [0.2, 0.25) is 0 Å². The summed E-state index contributed by atoms with van der Waals surface area (Å²) in [5, 5.41) is 10.3. The number of aromatic hydroxyl groups is 1. The number of phenolic OH excluding ortho intramolecular Hbond substituents is 1. The third kappa shape index (κ3) is 3.47. The van der Waals surface area contributed by atoms with E-state index in [4.69, 9.17) is 0 Å². The number of carbonyl (C=O) groups excluding carboxylic acids is 2. The van der Waals surface area contributed by atoms with Crippen molar-refractivity contribution in [3.8, 4) is 16.9 Å². The van der Waals surface area contributed by atoms with Crippen molar-refractivity contribution in [2.45, 2.75) is 18.9 Å². The van der Waals surface area contributed by atoms with Crippen LogP contribution in [0.5, 0.6) is 5.75 Å². The zero-order chi connectivity index (χ0) is 19.7. The Labute approximate surface area is 164 Å². The molecule has 2 aromatic rings. The fraction of sp³-hybridized carbons (Fsp3) is 0.364. The highest BCUT2D eigenvalue weighted by Crippen LogP contribution is 2.31. The van der Waals surface area contributed by atoms with Gasteiger partial charge < -0.3 is 14.7 Å². The first-order valence-corrected chi connectivity index (χ1v) is 9.62. The van der Waals surface area contributed by atoms with Crippen molar-refractivity contribution < 1.29 is 19.4 Å². The molecule has 6 nitrogen and oxygen atoms in total. The van der Waals surface area contributed by atoms with Gasteiger partial charge >= 0.3 is 5.97 Å². The number of ether oxygens (including phenoxy) is 1. The molecule has 2 fully saturated rings. The fourth-order valence-electron chi connectivity index (χ4n) is 4.17. The second kappa shape index (κ2) is 7.64. The van der Waals surface area contributed by atoms with E-state index in [1.54, 1.807) is 24.3 Å². The number of esters is 1. The van der Waals surface area contributed by atoms with Gasteiger partial charge in [0, 0.05) is 36.8 Å². The van der Waals surface area contributed by atoms with E-state index in [0.29, 0.717) is 22.7 Å². The Bertz CT molecular complexity index is 894. The van der Waals surface area contributed by atoms with Gasteiger partial charge in [-0.05, 0) is 55.3 Å². The minimum atomic E-state index is -0.495. The van der Waals surface area contributed by atoms with Crippen LogP contribution < -0.4 is 0 Å². The monoisotopic (exact) mass is 380 g/mol. The smallest absolute Gasteiger partial charge is 0.337 e. The van der Waals surface area contributed by atoms with Crippen molar-refractivity contribution >= 4 is 11.9 Å². The minimum absolute atomic E-state index is 0.000619. The van der Waals surface area contributed by atoms with Crippen LogP contribution in [0, 0.1) is 0 Å². The molecule has 28 heavy (non-hydrogen) atoms. The molecule has 1 N–H and O–H groups in total. The largest absolute Gasteiger partial charge is 0.507 e. The van der Waals surface area contributed by atoms with E-state index < -0.39 is 5.97 Å². The average Bonchev–Trinajstić information content (AvgIpc) is 3.20. The molecule has 6 heteroatoms. The van der Waals surface area contributed by atoms with Gasteiger partial charge in [0.15, 0.2) is 0 Å². The quantitative estimate of drug-likeness (QED) is 0.829. The van der Waals surface area contributed by atoms with Crippen molar-refractivity contribution in [3.05, 3.63) is 53.6 Å². The minimum Gasteiger partial charge on any atom is -0.507 e. The van der Waals surface area contributed by atoms with Gasteiger partial charge in [-0.15, -0.1) is 0 Å². The number of phenols is 1. The van der Waals surface area contributed by atoms with Crippen LogP contribution in [0.1, 0.15) is 33.6 Å². The van der Waals surface area contributed by atoms with Gasteiger partial charge in [0.05, 0.1) is 12.7 Å². The van der Waals surface area contributed by atoms with E-state index in [9.17, 15) is 14.7 Å². The summed E-state index contributed by atoms with van der Waals surface area (Å²) in [6.07, 6.45) is 2.39. The number of benzene rings is 2. The van der Waals surface area contributed by atoms with Gasteiger partial charge in [-0.25, -0.2) is 4.79 Å². The van der Waals surface area contributed by atoms with E-state index in [0.717, 1.165) is 31.7 Å². The molecule has 0 bridgehead atoms. The summed E-state index contributed by atoms with van der Waals surface area (Å²) < 4.78 is 4.67. The molecule has 0 aromatic heterocycles. The molecular formula is C22H24N2O4. The van der Waals surface area contributed by atoms with Gasteiger partial charge in [0.1, 0.15) is 5.75 Å². The molecule has 1 amide bonds. The van der Waals surface area contributed by atoms with Crippen molar-refractivity contribution in [2.24, 2.45) is 0 Å². The van der Waals surface area contributed by atoms with Crippen LogP contribution in [-0.4, -0.2) is 66.1 Å². The maximum absolute atomic E-state index is 12.9. The second-order valence-corrected chi connectivity index (χ2v) is 7.38. The summed E-state index contributed by atoms with van der Waals surface area (Å²) in [4.78, 5) is 28.9. The van der Waals surface area contributed by atoms with Gasteiger partial charge in [0.25, 0.3) is 5.91 Å². The molecule has 0 aliphatic carbocycles. The average molecular weight is 380 g/mol. The lowest BCUT2D eigenvalue weighted by molar-refractivity contribution is 0.0570. The molecule has 4 rings (SSSR count). The summed E-state index contributed by atoms with van der Waals surface area (Å²) in [6.45, 7) is 3.68. The highest BCUT2D eigenvalue weighted by atomic mass is 16.5. The number of hydrogen-bond acceptors (Lipinski definition) is 5. The van der Waals surface area contributed by atoms with E-state index in [1.165, 1.54) is 26.0 Å². The lowest BCUT2D eigenvalue weighted by Crippen LogP contribution is -2.52. The number of rotatable bonds is 3. The first-order chi connectivity index (χ1) is 13.6. The van der Waals surface area contributed by atoms with Crippen LogP contribution in [0.4, 0.5) is 0 Å². The molecule has 2 heterocycles. The molecule has 2 saturated heterocycles. The van der Waals surface area contributed by atoms with E-state index in [-0.39, 0.29) is 11.7 Å². The number of carbonyl (C=O) groups is 2. The Hall–Kier alpha value is -2.86.